The van der Waals surface area contributed by atoms with Crippen LogP contribution in [-0.4, -0.2) is 26.1 Å². The van der Waals surface area contributed by atoms with Crippen molar-refractivity contribution >= 4 is 21.6 Å². The van der Waals surface area contributed by atoms with E-state index in [0.717, 1.165) is 10.9 Å². The minimum absolute atomic E-state index is 0.283. The number of nitrogens with one attached hydrogen (secondary N) is 1. The minimum atomic E-state index is 0.283. The molecule has 3 nitrogen and oxygen atoms in total. The molecule has 0 amide bonds. The number of hydrogen-bond donors (Lipinski definition) is 1. The molecule has 1 aromatic heterocycles. The number of rotatable bonds is 5. The summed E-state index contributed by atoms with van der Waals surface area (Å²) in [4.78, 5) is 6.35. The van der Waals surface area contributed by atoms with Gasteiger partial charge in [-0.05, 0) is 58.7 Å². The molecule has 1 N–H and O–H groups in total. The van der Waals surface area contributed by atoms with E-state index in [0.29, 0.717) is 0 Å². The average molecular weight is 334 g/mol. The predicted octanol–water partition coefficient (Wildman–Crippen LogP) is 3.41. The van der Waals surface area contributed by atoms with Crippen LogP contribution in [0.15, 0.2) is 47.2 Å². The summed E-state index contributed by atoms with van der Waals surface area (Å²) in [6.45, 7) is 0. The van der Waals surface area contributed by atoms with Gasteiger partial charge < -0.3 is 10.2 Å². The number of hydrogen-bond acceptors (Lipinski definition) is 3. The van der Waals surface area contributed by atoms with Crippen LogP contribution < -0.4 is 10.2 Å². The van der Waals surface area contributed by atoms with Gasteiger partial charge in [-0.15, -0.1) is 0 Å². The van der Waals surface area contributed by atoms with E-state index in [-0.39, 0.29) is 6.04 Å². The van der Waals surface area contributed by atoms with E-state index in [4.69, 9.17) is 0 Å². The Morgan fingerprint density at radius 2 is 2.05 bits per heavy atom. The lowest BCUT2D eigenvalue weighted by Crippen LogP contribution is -2.19. The number of anilines is 1. The van der Waals surface area contributed by atoms with E-state index in [1.807, 2.05) is 19.4 Å². The Balaban J connectivity index is 2.22. The Morgan fingerprint density at radius 3 is 2.70 bits per heavy atom. The number of nitrogens with zero attached hydrogens (tertiary/aromatic N) is 2. The molecule has 0 radical (unpaired) electrons. The first-order valence-corrected chi connectivity index (χ1v) is 7.43. The molecule has 0 fully saturated rings. The number of benzene rings is 1. The highest BCUT2D eigenvalue weighted by Gasteiger charge is 2.11. The fourth-order valence-electron chi connectivity index (χ4n) is 2.21. The average Bonchev–Trinajstić information content (AvgIpc) is 2.45. The summed E-state index contributed by atoms with van der Waals surface area (Å²) in [5.74, 6) is 0. The maximum absolute atomic E-state index is 4.23. The topological polar surface area (TPSA) is 28.2 Å². The Morgan fingerprint density at radius 1 is 1.25 bits per heavy atom. The van der Waals surface area contributed by atoms with Gasteiger partial charge in [-0.3, -0.25) is 4.98 Å². The molecule has 0 saturated heterocycles. The van der Waals surface area contributed by atoms with Crippen molar-refractivity contribution in [1.82, 2.24) is 10.3 Å². The van der Waals surface area contributed by atoms with Crippen LogP contribution in [0.3, 0.4) is 0 Å². The van der Waals surface area contributed by atoms with Crippen molar-refractivity contribution in [1.29, 1.82) is 0 Å². The molecule has 106 valence electrons. The van der Waals surface area contributed by atoms with E-state index >= 15 is 0 Å². The lowest BCUT2D eigenvalue weighted by atomic mass is 9.99. The lowest BCUT2D eigenvalue weighted by Gasteiger charge is -2.20. The summed E-state index contributed by atoms with van der Waals surface area (Å²) < 4.78 is 1.02. The molecular weight excluding hydrogens is 314 g/mol. The molecule has 20 heavy (non-hydrogen) atoms. The Kier molecular flexibility index (Phi) is 5.15. The van der Waals surface area contributed by atoms with Crippen LogP contribution in [-0.2, 0) is 6.42 Å². The third-order valence-corrected chi connectivity index (χ3v) is 3.77. The van der Waals surface area contributed by atoms with Gasteiger partial charge in [0.2, 0.25) is 0 Å². The third-order valence-electron chi connectivity index (χ3n) is 3.34. The fourth-order valence-corrected chi connectivity index (χ4v) is 2.62. The van der Waals surface area contributed by atoms with Gasteiger partial charge in [-0.1, -0.05) is 12.1 Å². The largest absolute Gasteiger partial charge is 0.378 e. The van der Waals surface area contributed by atoms with E-state index in [9.17, 15) is 0 Å². The highest BCUT2D eigenvalue weighted by atomic mass is 79.9. The van der Waals surface area contributed by atoms with Crippen molar-refractivity contribution in [2.75, 3.05) is 26.0 Å². The highest BCUT2D eigenvalue weighted by Crippen LogP contribution is 2.23. The molecule has 0 spiro atoms. The highest BCUT2D eigenvalue weighted by molar-refractivity contribution is 9.10. The molecule has 0 bridgehead atoms. The van der Waals surface area contributed by atoms with Crippen LogP contribution in [0.4, 0.5) is 5.69 Å². The molecule has 0 saturated carbocycles. The van der Waals surface area contributed by atoms with Crippen molar-refractivity contribution in [3.8, 4) is 0 Å². The maximum Gasteiger partial charge on any atom is 0.0410 e. The van der Waals surface area contributed by atoms with Crippen molar-refractivity contribution in [3.63, 3.8) is 0 Å². The lowest BCUT2D eigenvalue weighted by molar-refractivity contribution is 0.591. The molecule has 2 rings (SSSR count). The molecule has 1 heterocycles. The van der Waals surface area contributed by atoms with Crippen LogP contribution in [0.1, 0.15) is 17.2 Å². The zero-order valence-electron chi connectivity index (χ0n) is 12.1. The van der Waals surface area contributed by atoms with E-state index in [2.05, 4.69) is 75.6 Å². The monoisotopic (exact) mass is 333 g/mol. The molecule has 2 aromatic rings. The van der Waals surface area contributed by atoms with Crippen LogP contribution >= 0.6 is 15.9 Å². The normalized spacial score (nSPS) is 12.2. The summed E-state index contributed by atoms with van der Waals surface area (Å²) in [6.07, 6.45) is 4.65. The van der Waals surface area contributed by atoms with Gasteiger partial charge >= 0.3 is 0 Å². The van der Waals surface area contributed by atoms with Crippen LogP contribution in [0, 0.1) is 0 Å². The second-order valence-electron chi connectivity index (χ2n) is 5.05. The van der Waals surface area contributed by atoms with Gasteiger partial charge in [0.05, 0.1) is 0 Å². The zero-order valence-corrected chi connectivity index (χ0v) is 13.7. The molecule has 0 aliphatic heterocycles. The molecule has 0 aliphatic rings. The Hall–Kier alpha value is -1.39. The van der Waals surface area contributed by atoms with E-state index in [1.165, 1.54) is 16.8 Å². The minimum Gasteiger partial charge on any atom is -0.378 e. The van der Waals surface area contributed by atoms with E-state index in [1.54, 1.807) is 0 Å². The third kappa shape index (κ3) is 3.81. The summed E-state index contributed by atoms with van der Waals surface area (Å²) in [6, 6.07) is 11.0. The quantitative estimate of drug-likeness (QED) is 0.908. The molecule has 1 atom stereocenters. The van der Waals surface area contributed by atoms with Gasteiger partial charge in [0, 0.05) is 42.7 Å². The molecule has 1 aromatic carbocycles. The maximum atomic E-state index is 4.23. The van der Waals surface area contributed by atoms with Gasteiger partial charge in [0.25, 0.3) is 0 Å². The Bertz CT molecular complexity index is 569. The van der Waals surface area contributed by atoms with Gasteiger partial charge in [0.15, 0.2) is 0 Å². The number of halogens is 1. The van der Waals surface area contributed by atoms with Gasteiger partial charge in [-0.25, -0.2) is 0 Å². The Labute approximate surface area is 129 Å². The zero-order chi connectivity index (χ0) is 14.5. The van der Waals surface area contributed by atoms with Crippen LogP contribution in [0.2, 0.25) is 0 Å². The fraction of sp³-hybridized carbons (Fsp3) is 0.312. The summed E-state index contributed by atoms with van der Waals surface area (Å²) >= 11 is 3.47. The molecule has 0 aliphatic carbocycles. The first-order chi connectivity index (χ1) is 9.60. The molecular formula is C16H20BrN3. The van der Waals surface area contributed by atoms with Crippen molar-refractivity contribution in [2.24, 2.45) is 0 Å². The predicted molar refractivity (Wildman–Crippen MR) is 88.2 cm³/mol. The number of likely N-dealkylation sites (N-methyl/N-ethyl adjacent to an activating group) is 1. The first-order valence-electron chi connectivity index (χ1n) is 6.64. The second kappa shape index (κ2) is 6.86. The number of aromatic nitrogens is 1. The summed E-state index contributed by atoms with van der Waals surface area (Å²) in [7, 11) is 6.12. The SMILES string of the molecule is CNC(Cc1cncc(Br)c1)c1cccc(N(C)C)c1. The number of pyridine rings is 1. The van der Waals surface area contributed by atoms with Crippen LogP contribution in [0.5, 0.6) is 0 Å². The summed E-state index contributed by atoms with van der Waals surface area (Å²) in [5, 5.41) is 3.39. The first kappa shape index (κ1) is 15.0. The smallest absolute Gasteiger partial charge is 0.0410 e. The van der Waals surface area contributed by atoms with Gasteiger partial charge in [0.1, 0.15) is 0 Å². The van der Waals surface area contributed by atoms with Crippen molar-refractivity contribution in [2.45, 2.75) is 12.5 Å². The van der Waals surface area contributed by atoms with Gasteiger partial charge in [-0.2, -0.15) is 0 Å². The standard InChI is InChI=1S/C16H20BrN3/c1-18-16(8-12-7-14(17)11-19-10-12)13-5-4-6-15(9-13)20(2)3/h4-7,9-11,16,18H,8H2,1-3H3. The molecule has 4 heteroatoms. The second-order valence-corrected chi connectivity index (χ2v) is 5.96. The molecule has 1 unspecified atom stereocenters. The van der Waals surface area contributed by atoms with Crippen molar-refractivity contribution < 1.29 is 0 Å². The van der Waals surface area contributed by atoms with E-state index < -0.39 is 0 Å². The summed E-state index contributed by atoms with van der Waals surface area (Å²) in [5.41, 5.74) is 3.72. The van der Waals surface area contributed by atoms with Crippen molar-refractivity contribution in [3.05, 3.63) is 58.3 Å². The van der Waals surface area contributed by atoms with Crippen LogP contribution in [0.25, 0.3) is 0 Å².